The second-order valence-corrected chi connectivity index (χ2v) is 7.57. The molecule has 170 valence electrons. The van der Waals surface area contributed by atoms with E-state index in [1.807, 2.05) is 0 Å². The van der Waals surface area contributed by atoms with E-state index < -0.39 is 41.1 Å². The summed E-state index contributed by atoms with van der Waals surface area (Å²) in [6, 6.07) is 18.7. The average molecular weight is 458 g/mol. The molecule has 0 fully saturated rings. The van der Waals surface area contributed by atoms with E-state index in [-0.39, 0.29) is 28.8 Å². The number of carbonyl (C=O) groups excluding carboxylic acids is 4. The number of nitro groups is 1. The van der Waals surface area contributed by atoms with Crippen LogP contribution in [0.2, 0.25) is 0 Å². The van der Waals surface area contributed by atoms with Gasteiger partial charge in [0.15, 0.2) is 12.4 Å². The second kappa shape index (κ2) is 9.45. The first-order valence-electron chi connectivity index (χ1n) is 10.3. The molecular formula is C25H18N2O7. The van der Waals surface area contributed by atoms with Gasteiger partial charge in [-0.2, -0.15) is 0 Å². The van der Waals surface area contributed by atoms with Crippen molar-refractivity contribution in [1.82, 2.24) is 4.90 Å². The van der Waals surface area contributed by atoms with Crippen LogP contribution >= 0.6 is 0 Å². The van der Waals surface area contributed by atoms with Gasteiger partial charge in [-0.1, -0.05) is 42.5 Å². The van der Waals surface area contributed by atoms with Crippen molar-refractivity contribution in [1.29, 1.82) is 0 Å². The van der Waals surface area contributed by atoms with Crippen molar-refractivity contribution in [3.63, 3.8) is 0 Å². The molecule has 9 nitrogen and oxygen atoms in total. The molecule has 0 aromatic heterocycles. The van der Waals surface area contributed by atoms with Gasteiger partial charge in [0.1, 0.15) is 6.04 Å². The van der Waals surface area contributed by atoms with Gasteiger partial charge < -0.3 is 4.74 Å². The molecular weight excluding hydrogens is 440 g/mol. The predicted octanol–water partition coefficient (Wildman–Crippen LogP) is 3.23. The lowest BCUT2D eigenvalue weighted by Gasteiger charge is -2.24. The van der Waals surface area contributed by atoms with Crippen LogP contribution in [0, 0.1) is 10.1 Å². The third kappa shape index (κ3) is 4.44. The minimum absolute atomic E-state index is 0.0108. The quantitative estimate of drug-likeness (QED) is 0.167. The van der Waals surface area contributed by atoms with Crippen LogP contribution in [0.15, 0.2) is 78.9 Å². The molecule has 1 aliphatic heterocycles. The fourth-order valence-electron chi connectivity index (χ4n) is 3.69. The lowest BCUT2D eigenvalue weighted by Crippen LogP contribution is -2.47. The van der Waals surface area contributed by atoms with Crippen LogP contribution in [0.3, 0.4) is 0 Å². The molecule has 34 heavy (non-hydrogen) atoms. The van der Waals surface area contributed by atoms with Gasteiger partial charge in [-0.05, 0) is 29.8 Å². The van der Waals surface area contributed by atoms with Gasteiger partial charge in [-0.3, -0.25) is 29.4 Å². The monoisotopic (exact) mass is 458 g/mol. The smallest absolute Gasteiger partial charge is 0.330 e. The van der Waals surface area contributed by atoms with Gasteiger partial charge in [0.2, 0.25) is 0 Å². The first-order chi connectivity index (χ1) is 16.4. The van der Waals surface area contributed by atoms with Gasteiger partial charge in [0.05, 0.1) is 16.1 Å². The molecule has 0 radical (unpaired) electrons. The molecule has 1 aliphatic rings. The third-order valence-corrected chi connectivity index (χ3v) is 5.43. The molecule has 0 unspecified atom stereocenters. The maximum absolute atomic E-state index is 13.0. The fraction of sp³-hybridized carbons (Fsp3) is 0.120. The SMILES string of the molecule is O=C(COC(=O)[C@H](Cc1ccccc1)N1C(=O)c2ccccc2C1=O)c1ccc([N+](=O)[O-])cc1. The van der Waals surface area contributed by atoms with Crippen LogP contribution in [0.25, 0.3) is 0 Å². The number of non-ortho nitro benzene ring substituents is 1. The summed E-state index contributed by atoms with van der Waals surface area (Å²) in [5.74, 6) is -2.71. The van der Waals surface area contributed by atoms with Crippen LogP contribution in [0.4, 0.5) is 5.69 Å². The highest BCUT2D eigenvalue weighted by Crippen LogP contribution is 2.26. The zero-order chi connectivity index (χ0) is 24.2. The Balaban J connectivity index is 1.54. The van der Waals surface area contributed by atoms with Crippen LogP contribution in [-0.4, -0.2) is 46.0 Å². The largest absolute Gasteiger partial charge is 0.456 e. The molecule has 3 aromatic rings. The molecule has 1 atom stereocenters. The first-order valence-corrected chi connectivity index (χ1v) is 10.3. The van der Waals surface area contributed by atoms with E-state index in [1.165, 1.54) is 36.4 Å². The Morgan fingerprint density at radius 2 is 1.41 bits per heavy atom. The van der Waals surface area contributed by atoms with Crippen molar-refractivity contribution >= 4 is 29.3 Å². The van der Waals surface area contributed by atoms with E-state index in [4.69, 9.17) is 4.74 Å². The summed E-state index contributed by atoms with van der Waals surface area (Å²) in [5.41, 5.74) is 1.03. The number of fused-ring (bicyclic) bond motifs is 1. The first kappa shape index (κ1) is 22.5. The number of esters is 1. The topological polar surface area (TPSA) is 124 Å². The number of amides is 2. The Bertz CT molecular complexity index is 1250. The van der Waals surface area contributed by atoms with Crippen LogP contribution in [0.5, 0.6) is 0 Å². The Labute approximate surface area is 193 Å². The van der Waals surface area contributed by atoms with E-state index in [0.29, 0.717) is 5.56 Å². The Hall–Kier alpha value is -4.66. The summed E-state index contributed by atoms with van der Waals surface area (Å²) in [6.07, 6.45) is 0.0108. The highest BCUT2D eigenvalue weighted by Gasteiger charge is 2.43. The van der Waals surface area contributed by atoms with E-state index in [1.54, 1.807) is 42.5 Å². The highest BCUT2D eigenvalue weighted by atomic mass is 16.6. The fourth-order valence-corrected chi connectivity index (χ4v) is 3.69. The predicted molar refractivity (Wildman–Crippen MR) is 119 cm³/mol. The van der Waals surface area contributed by atoms with E-state index >= 15 is 0 Å². The molecule has 3 aromatic carbocycles. The van der Waals surface area contributed by atoms with Crippen LogP contribution < -0.4 is 0 Å². The molecule has 4 rings (SSSR count). The Morgan fingerprint density at radius 1 is 0.853 bits per heavy atom. The van der Waals surface area contributed by atoms with Crippen molar-refractivity contribution in [2.75, 3.05) is 6.61 Å². The number of Topliss-reactive ketones (excluding diaryl/α,β-unsaturated/α-hetero) is 1. The molecule has 0 aliphatic carbocycles. The summed E-state index contributed by atoms with van der Waals surface area (Å²) in [6.45, 7) is -0.648. The number of ketones is 1. The molecule has 0 saturated heterocycles. The molecule has 0 N–H and O–H groups in total. The van der Waals surface area contributed by atoms with Gasteiger partial charge in [-0.15, -0.1) is 0 Å². The molecule has 0 saturated carbocycles. The normalized spacial score (nSPS) is 13.4. The van der Waals surface area contributed by atoms with E-state index in [0.717, 1.165) is 4.90 Å². The molecule has 9 heteroatoms. The third-order valence-electron chi connectivity index (χ3n) is 5.43. The van der Waals surface area contributed by atoms with Gasteiger partial charge >= 0.3 is 5.97 Å². The number of nitro benzene ring substituents is 1. The number of rotatable bonds is 8. The summed E-state index contributed by atoms with van der Waals surface area (Å²) in [7, 11) is 0. The zero-order valence-electron chi connectivity index (χ0n) is 17.7. The maximum Gasteiger partial charge on any atom is 0.330 e. The minimum atomic E-state index is -1.28. The summed E-state index contributed by atoms with van der Waals surface area (Å²) in [4.78, 5) is 62.5. The highest BCUT2D eigenvalue weighted by molar-refractivity contribution is 6.22. The molecule has 0 spiro atoms. The molecule has 2 amide bonds. The number of hydrogen-bond donors (Lipinski definition) is 0. The number of ether oxygens (including phenoxy) is 1. The summed E-state index contributed by atoms with van der Waals surface area (Å²) in [5, 5.41) is 10.8. The molecule has 0 bridgehead atoms. The van der Waals surface area contributed by atoms with Gasteiger partial charge in [-0.25, -0.2) is 4.79 Å². The zero-order valence-corrected chi connectivity index (χ0v) is 17.7. The standard InChI is InChI=1S/C25H18N2O7/c28-22(17-10-12-18(13-11-17)27(32)33)15-34-25(31)21(14-16-6-2-1-3-7-16)26-23(29)19-8-4-5-9-20(19)24(26)30/h1-13,21H,14-15H2/t21-/m0/s1. The van der Waals surface area contributed by atoms with Gasteiger partial charge in [0, 0.05) is 24.1 Å². The minimum Gasteiger partial charge on any atom is -0.456 e. The van der Waals surface area contributed by atoms with Crippen molar-refractivity contribution in [3.8, 4) is 0 Å². The van der Waals surface area contributed by atoms with Crippen molar-refractivity contribution < 1.29 is 28.8 Å². The average Bonchev–Trinajstić information content (AvgIpc) is 3.11. The van der Waals surface area contributed by atoms with Crippen molar-refractivity contribution in [2.45, 2.75) is 12.5 Å². The maximum atomic E-state index is 13.0. The van der Waals surface area contributed by atoms with Crippen LogP contribution in [0.1, 0.15) is 36.6 Å². The Kier molecular flexibility index (Phi) is 6.26. The van der Waals surface area contributed by atoms with Crippen molar-refractivity contribution in [3.05, 3.63) is 111 Å². The van der Waals surface area contributed by atoms with Crippen LogP contribution in [-0.2, 0) is 16.0 Å². The number of nitrogens with zero attached hydrogens (tertiary/aromatic N) is 2. The number of carbonyl (C=O) groups is 4. The molecule has 1 heterocycles. The summed E-state index contributed by atoms with van der Waals surface area (Å²) >= 11 is 0. The van der Waals surface area contributed by atoms with E-state index in [9.17, 15) is 29.3 Å². The van der Waals surface area contributed by atoms with Crippen molar-refractivity contribution in [2.24, 2.45) is 0 Å². The number of hydrogen-bond acceptors (Lipinski definition) is 7. The lowest BCUT2D eigenvalue weighted by atomic mass is 10.0. The number of imide groups is 1. The van der Waals surface area contributed by atoms with Gasteiger partial charge in [0.25, 0.3) is 17.5 Å². The van der Waals surface area contributed by atoms with E-state index in [2.05, 4.69) is 0 Å². The second-order valence-electron chi connectivity index (χ2n) is 7.57. The Morgan fingerprint density at radius 3 is 1.97 bits per heavy atom. The number of benzene rings is 3. The summed E-state index contributed by atoms with van der Waals surface area (Å²) < 4.78 is 5.21. The lowest BCUT2D eigenvalue weighted by molar-refractivity contribution is -0.384.